The van der Waals surface area contributed by atoms with E-state index in [1.165, 1.54) is 18.5 Å². The third kappa shape index (κ3) is 2.14. The number of nitrogens with zero attached hydrogens (tertiary/aromatic N) is 1. The molecule has 6 heteroatoms. The van der Waals surface area contributed by atoms with Gasteiger partial charge in [-0.15, -0.1) is 0 Å². The van der Waals surface area contributed by atoms with Gasteiger partial charge in [0.1, 0.15) is 12.6 Å². The van der Waals surface area contributed by atoms with Gasteiger partial charge in [0.05, 0.1) is 5.56 Å². The third-order valence-electron chi connectivity index (χ3n) is 2.25. The first-order valence-corrected chi connectivity index (χ1v) is 4.86. The third-order valence-corrected chi connectivity index (χ3v) is 2.48. The predicted octanol–water partition coefficient (Wildman–Crippen LogP) is 3.46. The maximum Gasteiger partial charge on any atom is 0.416 e. The van der Waals surface area contributed by atoms with Crippen molar-refractivity contribution >= 4 is 18.0 Å². The second kappa shape index (κ2) is 3.97. The lowest BCUT2D eigenvalue weighted by Crippen LogP contribution is -2.12. The van der Waals surface area contributed by atoms with E-state index < -0.39 is 17.8 Å². The molecular formula is C10H7ClF3NO. The fourth-order valence-corrected chi connectivity index (χ4v) is 1.70. The summed E-state index contributed by atoms with van der Waals surface area (Å²) in [5.41, 5.74) is -0.668. The first-order valence-electron chi connectivity index (χ1n) is 4.48. The minimum absolute atomic E-state index is 0.0546. The minimum atomic E-state index is -4.43. The van der Waals surface area contributed by atoms with Gasteiger partial charge in [0.15, 0.2) is 6.40 Å². The molecule has 0 bridgehead atoms. The molecule has 1 aromatic rings. The van der Waals surface area contributed by atoms with Crippen molar-refractivity contribution in [3.63, 3.8) is 0 Å². The molecule has 0 amide bonds. The summed E-state index contributed by atoms with van der Waals surface area (Å²) >= 11 is 5.56. The summed E-state index contributed by atoms with van der Waals surface area (Å²) in [5.74, 6) is 0. The number of hydrogen-bond donors (Lipinski definition) is 0. The summed E-state index contributed by atoms with van der Waals surface area (Å²) in [6.07, 6.45) is -3.27. The van der Waals surface area contributed by atoms with Crippen molar-refractivity contribution < 1.29 is 17.9 Å². The molecule has 0 N–H and O–H groups in total. The molecule has 1 aliphatic heterocycles. The molecule has 1 atom stereocenters. The Bertz CT molecular complexity index is 431. The largest absolute Gasteiger partial charge is 0.481 e. The van der Waals surface area contributed by atoms with Crippen LogP contribution in [0.3, 0.4) is 0 Å². The molecular weight excluding hydrogens is 243 g/mol. The number of ether oxygens (including phenoxy) is 1. The molecule has 0 radical (unpaired) electrons. The van der Waals surface area contributed by atoms with Gasteiger partial charge in [-0.05, 0) is 17.7 Å². The van der Waals surface area contributed by atoms with Gasteiger partial charge in [-0.1, -0.05) is 17.7 Å². The average Bonchev–Trinajstić information content (AvgIpc) is 2.69. The number of benzene rings is 1. The normalized spacial score (nSPS) is 19.9. The lowest BCUT2D eigenvalue weighted by Gasteiger charge is -2.15. The van der Waals surface area contributed by atoms with Crippen molar-refractivity contribution in [2.75, 3.05) is 6.61 Å². The summed E-state index contributed by atoms with van der Waals surface area (Å²) in [6.45, 7) is 0.130. The first kappa shape index (κ1) is 11.3. The number of aliphatic imine (C=N–C) groups is 1. The standard InChI is InChI=1S/C10H7ClF3NO/c11-6-1-2-7(9-4-16-5-15-9)8(3-6)10(12,13)14/h1-3,5,9H,4H2. The molecule has 0 saturated heterocycles. The second-order valence-electron chi connectivity index (χ2n) is 3.33. The van der Waals surface area contributed by atoms with Gasteiger partial charge in [0.25, 0.3) is 0 Å². The molecule has 0 saturated carbocycles. The van der Waals surface area contributed by atoms with E-state index in [2.05, 4.69) is 4.99 Å². The van der Waals surface area contributed by atoms with E-state index in [4.69, 9.17) is 16.3 Å². The SMILES string of the molecule is FC(F)(F)c1cc(Cl)ccc1C1COC=N1. The Kier molecular flexibility index (Phi) is 2.80. The van der Waals surface area contributed by atoms with Crippen molar-refractivity contribution in [2.24, 2.45) is 4.99 Å². The highest BCUT2D eigenvalue weighted by molar-refractivity contribution is 6.30. The van der Waals surface area contributed by atoms with Crippen LogP contribution in [-0.4, -0.2) is 13.0 Å². The van der Waals surface area contributed by atoms with E-state index >= 15 is 0 Å². The van der Waals surface area contributed by atoms with Crippen LogP contribution in [0.25, 0.3) is 0 Å². The molecule has 0 fully saturated rings. The van der Waals surface area contributed by atoms with Crippen molar-refractivity contribution in [3.8, 4) is 0 Å². The highest BCUT2D eigenvalue weighted by Gasteiger charge is 2.36. The quantitative estimate of drug-likeness (QED) is 0.747. The van der Waals surface area contributed by atoms with Crippen LogP contribution in [0.5, 0.6) is 0 Å². The fraction of sp³-hybridized carbons (Fsp3) is 0.300. The summed E-state index contributed by atoms with van der Waals surface area (Å²) in [6, 6.07) is 3.06. The van der Waals surface area contributed by atoms with Gasteiger partial charge in [-0.2, -0.15) is 13.2 Å². The molecule has 0 spiro atoms. The molecule has 1 aromatic carbocycles. The number of hydrogen-bond acceptors (Lipinski definition) is 2. The van der Waals surface area contributed by atoms with Crippen LogP contribution < -0.4 is 0 Å². The molecule has 2 rings (SSSR count). The van der Waals surface area contributed by atoms with E-state index in [9.17, 15) is 13.2 Å². The highest BCUT2D eigenvalue weighted by atomic mass is 35.5. The van der Waals surface area contributed by atoms with Crippen LogP contribution in [0.15, 0.2) is 23.2 Å². The van der Waals surface area contributed by atoms with Crippen molar-refractivity contribution in [1.29, 1.82) is 0 Å². The van der Waals surface area contributed by atoms with Gasteiger partial charge in [0, 0.05) is 5.02 Å². The van der Waals surface area contributed by atoms with Crippen LogP contribution in [0, 0.1) is 0 Å². The van der Waals surface area contributed by atoms with E-state index in [-0.39, 0.29) is 17.2 Å². The van der Waals surface area contributed by atoms with Gasteiger partial charge in [-0.25, -0.2) is 4.99 Å². The lowest BCUT2D eigenvalue weighted by molar-refractivity contribution is -0.138. The Balaban J connectivity index is 2.47. The summed E-state index contributed by atoms with van der Waals surface area (Å²) in [7, 11) is 0. The van der Waals surface area contributed by atoms with Crippen LogP contribution in [0.2, 0.25) is 5.02 Å². The maximum absolute atomic E-state index is 12.7. The minimum Gasteiger partial charge on any atom is -0.481 e. The van der Waals surface area contributed by atoms with Gasteiger partial charge < -0.3 is 4.74 Å². The summed E-state index contributed by atoms with van der Waals surface area (Å²) < 4.78 is 43.0. The molecule has 16 heavy (non-hydrogen) atoms. The number of rotatable bonds is 1. The van der Waals surface area contributed by atoms with Crippen LogP contribution in [0.4, 0.5) is 13.2 Å². The van der Waals surface area contributed by atoms with E-state index in [0.29, 0.717) is 0 Å². The van der Waals surface area contributed by atoms with E-state index in [1.807, 2.05) is 0 Å². The molecule has 1 unspecified atom stereocenters. The smallest absolute Gasteiger partial charge is 0.416 e. The zero-order valence-corrected chi connectivity index (χ0v) is 8.72. The Morgan fingerprint density at radius 1 is 1.38 bits per heavy atom. The molecule has 86 valence electrons. The number of halogens is 4. The zero-order chi connectivity index (χ0) is 11.8. The fourth-order valence-electron chi connectivity index (χ4n) is 1.53. The molecule has 1 heterocycles. The first-order chi connectivity index (χ1) is 7.48. The van der Waals surface area contributed by atoms with Crippen LogP contribution in [-0.2, 0) is 10.9 Å². The van der Waals surface area contributed by atoms with Crippen molar-refractivity contribution in [1.82, 2.24) is 0 Å². The topological polar surface area (TPSA) is 21.6 Å². The average molecular weight is 250 g/mol. The monoisotopic (exact) mass is 249 g/mol. The Hall–Kier alpha value is -1.23. The van der Waals surface area contributed by atoms with Crippen molar-refractivity contribution in [3.05, 3.63) is 34.3 Å². The van der Waals surface area contributed by atoms with Gasteiger partial charge in [0.2, 0.25) is 0 Å². The highest BCUT2D eigenvalue weighted by Crippen LogP contribution is 2.37. The Morgan fingerprint density at radius 2 is 2.12 bits per heavy atom. The summed E-state index contributed by atoms with van der Waals surface area (Å²) in [4.78, 5) is 3.82. The lowest BCUT2D eigenvalue weighted by atomic mass is 10.0. The van der Waals surface area contributed by atoms with Gasteiger partial charge >= 0.3 is 6.18 Å². The maximum atomic E-state index is 12.7. The van der Waals surface area contributed by atoms with Crippen LogP contribution >= 0.6 is 11.6 Å². The Morgan fingerprint density at radius 3 is 2.69 bits per heavy atom. The molecule has 0 aromatic heterocycles. The molecule has 2 nitrogen and oxygen atoms in total. The Labute approximate surface area is 94.7 Å². The van der Waals surface area contributed by atoms with Gasteiger partial charge in [-0.3, -0.25) is 0 Å². The van der Waals surface area contributed by atoms with E-state index in [1.54, 1.807) is 0 Å². The molecule has 1 aliphatic rings. The predicted molar refractivity (Wildman–Crippen MR) is 53.6 cm³/mol. The zero-order valence-electron chi connectivity index (χ0n) is 7.96. The summed E-state index contributed by atoms with van der Waals surface area (Å²) in [5, 5.41) is 0.0546. The molecule has 0 aliphatic carbocycles. The number of alkyl halides is 3. The second-order valence-corrected chi connectivity index (χ2v) is 3.77. The van der Waals surface area contributed by atoms with E-state index in [0.717, 1.165) is 6.07 Å². The van der Waals surface area contributed by atoms with Crippen molar-refractivity contribution in [2.45, 2.75) is 12.2 Å². The van der Waals surface area contributed by atoms with Crippen LogP contribution in [0.1, 0.15) is 17.2 Å².